The Bertz CT molecular complexity index is 906. The van der Waals surface area contributed by atoms with Crippen LogP contribution in [0.5, 0.6) is 5.75 Å². The van der Waals surface area contributed by atoms with Crippen LogP contribution in [0.25, 0.3) is 0 Å². The Kier molecular flexibility index (Phi) is 5.95. The lowest BCUT2D eigenvalue weighted by molar-refractivity contribution is -0.125. The summed E-state index contributed by atoms with van der Waals surface area (Å²) in [4.78, 5) is 20.3. The number of aromatic nitrogens is 1. The van der Waals surface area contributed by atoms with E-state index in [1.807, 2.05) is 35.2 Å². The highest BCUT2D eigenvalue weighted by Crippen LogP contribution is 2.43. The molecule has 6 nitrogen and oxygen atoms in total. The topological polar surface area (TPSA) is 63.7 Å². The summed E-state index contributed by atoms with van der Waals surface area (Å²) in [7, 11) is 1.65. The summed E-state index contributed by atoms with van der Waals surface area (Å²) in [6, 6.07) is 9.63. The second kappa shape index (κ2) is 8.64. The molecule has 1 aromatic heterocycles. The highest BCUT2D eigenvalue weighted by atomic mass is 16.5. The maximum atomic E-state index is 13.8. The molecule has 0 spiro atoms. The molecule has 2 heterocycles. The molecule has 1 aliphatic heterocycles. The van der Waals surface area contributed by atoms with Crippen molar-refractivity contribution in [3.8, 4) is 5.75 Å². The van der Waals surface area contributed by atoms with Crippen LogP contribution in [0, 0.1) is 5.92 Å². The molecule has 1 N–H and O–H groups in total. The van der Waals surface area contributed by atoms with E-state index in [-0.39, 0.29) is 30.1 Å². The Balaban J connectivity index is 1.66. The first kappa shape index (κ1) is 20.7. The molecule has 1 saturated carbocycles. The summed E-state index contributed by atoms with van der Waals surface area (Å²) < 4.78 is 11.4. The fourth-order valence-corrected chi connectivity index (χ4v) is 4.62. The predicted octanol–water partition coefficient (Wildman–Crippen LogP) is 5.23. The minimum Gasteiger partial charge on any atom is -0.497 e. The summed E-state index contributed by atoms with van der Waals surface area (Å²) >= 11 is 0. The molecule has 4 rings (SSSR count). The van der Waals surface area contributed by atoms with Gasteiger partial charge in [0.2, 0.25) is 5.91 Å². The van der Waals surface area contributed by atoms with Gasteiger partial charge in [0.05, 0.1) is 36.7 Å². The Labute approximate surface area is 178 Å². The van der Waals surface area contributed by atoms with E-state index in [0.717, 1.165) is 54.2 Å². The number of pyridine rings is 1. The third-order valence-electron chi connectivity index (χ3n) is 6.12. The molecule has 1 atom stereocenters. The molecule has 1 aliphatic carbocycles. The van der Waals surface area contributed by atoms with Crippen LogP contribution in [0.2, 0.25) is 0 Å². The maximum absolute atomic E-state index is 13.8. The van der Waals surface area contributed by atoms with Gasteiger partial charge in [0, 0.05) is 23.7 Å². The molecule has 2 aromatic rings. The standard InChI is InChI=1S/C24H31N3O3/c1-15(2)30-18-9-7-17(8-10-18)24(28)27-16(3)20-6-5-13-25-23(20)26-21-12-11-19(29-4)14-22(21)27/h5-6,11-18H,7-10H2,1-4H3,(H,25,26)/t16?,17-,18-. The van der Waals surface area contributed by atoms with E-state index in [2.05, 4.69) is 31.1 Å². The number of amides is 1. The van der Waals surface area contributed by atoms with Crippen molar-refractivity contribution in [2.75, 3.05) is 17.3 Å². The van der Waals surface area contributed by atoms with Crippen LogP contribution in [0.1, 0.15) is 58.1 Å². The summed E-state index contributed by atoms with van der Waals surface area (Å²) in [5.74, 6) is 1.68. The number of anilines is 3. The number of fused-ring (bicyclic) bond motifs is 2. The summed E-state index contributed by atoms with van der Waals surface area (Å²) in [6.07, 6.45) is 5.82. The van der Waals surface area contributed by atoms with Gasteiger partial charge in [-0.2, -0.15) is 0 Å². The number of nitrogens with zero attached hydrogens (tertiary/aromatic N) is 2. The number of methoxy groups -OCH3 is 1. The smallest absolute Gasteiger partial charge is 0.230 e. The highest BCUT2D eigenvalue weighted by molar-refractivity contribution is 6.00. The molecule has 0 bridgehead atoms. The van der Waals surface area contributed by atoms with E-state index in [4.69, 9.17) is 9.47 Å². The monoisotopic (exact) mass is 409 g/mol. The van der Waals surface area contributed by atoms with Crippen molar-refractivity contribution in [3.05, 3.63) is 42.1 Å². The van der Waals surface area contributed by atoms with Gasteiger partial charge in [-0.25, -0.2) is 4.98 Å². The summed E-state index contributed by atoms with van der Waals surface area (Å²) in [5, 5.41) is 3.42. The van der Waals surface area contributed by atoms with Crippen LogP contribution in [0.3, 0.4) is 0 Å². The molecule has 0 saturated heterocycles. The number of rotatable bonds is 4. The van der Waals surface area contributed by atoms with Gasteiger partial charge in [-0.1, -0.05) is 6.07 Å². The zero-order valence-electron chi connectivity index (χ0n) is 18.2. The molecule has 2 aliphatic rings. The van der Waals surface area contributed by atoms with Crippen molar-refractivity contribution >= 4 is 23.1 Å². The van der Waals surface area contributed by atoms with E-state index in [0.29, 0.717) is 0 Å². The van der Waals surface area contributed by atoms with E-state index in [1.54, 1.807) is 13.3 Å². The van der Waals surface area contributed by atoms with Gasteiger partial charge in [0.25, 0.3) is 0 Å². The first-order chi connectivity index (χ1) is 14.5. The fraction of sp³-hybridized carbons (Fsp3) is 0.500. The van der Waals surface area contributed by atoms with Gasteiger partial charge >= 0.3 is 0 Å². The molecule has 1 aromatic carbocycles. The zero-order chi connectivity index (χ0) is 21.3. The molecular weight excluding hydrogens is 378 g/mol. The second-order valence-corrected chi connectivity index (χ2v) is 8.49. The third kappa shape index (κ3) is 4.01. The van der Waals surface area contributed by atoms with Crippen LogP contribution >= 0.6 is 0 Å². The van der Waals surface area contributed by atoms with E-state index < -0.39 is 0 Å². The van der Waals surface area contributed by atoms with Crippen molar-refractivity contribution < 1.29 is 14.3 Å². The Morgan fingerprint density at radius 3 is 2.67 bits per heavy atom. The first-order valence-electron chi connectivity index (χ1n) is 10.9. The molecule has 6 heteroatoms. The van der Waals surface area contributed by atoms with Gasteiger partial charge in [0.1, 0.15) is 11.6 Å². The molecule has 1 fully saturated rings. The summed E-state index contributed by atoms with van der Waals surface area (Å²) in [5.41, 5.74) is 2.72. The molecule has 160 valence electrons. The van der Waals surface area contributed by atoms with E-state index in [1.165, 1.54) is 0 Å². The molecule has 30 heavy (non-hydrogen) atoms. The van der Waals surface area contributed by atoms with Gasteiger partial charge in [-0.3, -0.25) is 4.79 Å². The van der Waals surface area contributed by atoms with Crippen molar-refractivity contribution in [3.63, 3.8) is 0 Å². The number of carbonyl (C=O) groups excluding carboxylic acids is 1. The third-order valence-corrected chi connectivity index (χ3v) is 6.12. The van der Waals surface area contributed by atoms with Crippen molar-refractivity contribution in [1.29, 1.82) is 0 Å². The zero-order valence-corrected chi connectivity index (χ0v) is 18.2. The summed E-state index contributed by atoms with van der Waals surface area (Å²) in [6.45, 7) is 6.21. The normalized spacial score (nSPS) is 23.2. The number of nitrogens with one attached hydrogen (secondary N) is 1. The van der Waals surface area contributed by atoms with Gasteiger partial charge < -0.3 is 19.7 Å². The lowest BCUT2D eigenvalue weighted by Gasteiger charge is -2.35. The Hall–Kier alpha value is -2.60. The van der Waals surface area contributed by atoms with Gasteiger partial charge in [-0.15, -0.1) is 0 Å². The number of carbonyl (C=O) groups is 1. The van der Waals surface area contributed by atoms with Crippen LogP contribution in [0.15, 0.2) is 36.5 Å². The Morgan fingerprint density at radius 1 is 1.20 bits per heavy atom. The minimum absolute atomic E-state index is 0.00302. The maximum Gasteiger partial charge on any atom is 0.230 e. The van der Waals surface area contributed by atoms with Crippen LogP contribution in [-0.4, -0.2) is 30.2 Å². The average molecular weight is 410 g/mol. The van der Waals surface area contributed by atoms with E-state index in [9.17, 15) is 4.79 Å². The number of hydrogen-bond acceptors (Lipinski definition) is 5. The average Bonchev–Trinajstić information content (AvgIpc) is 2.87. The lowest BCUT2D eigenvalue weighted by atomic mass is 9.85. The minimum atomic E-state index is -0.133. The van der Waals surface area contributed by atoms with Crippen LogP contribution < -0.4 is 15.0 Å². The number of hydrogen-bond donors (Lipinski definition) is 1. The first-order valence-corrected chi connectivity index (χ1v) is 10.9. The van der Waals surface area contributed by atoms with Crippen LogP contribution in [0.4, 0.5) is 17.2 Å². The van der Waals surface area contributed by atoms with Crippen molar-refractivity contribution in [1.82, 2.24) is 4.98 Å². The van der Waals surface area contributed by atoms with Gasteiger partial charge in [0.15, 0.2) is 0 Å². The van der Waals surface area contributed by atoms with Crippen molar-refractivity contribution in [2.45, 2.75) is 64.7 Å². The lowest BCUT2D eigenvalue weighted by Crippen LogP contribution is -2.40. The molecule has 0 radical (unpaired) electrons. The molecular formula is C24H31N3O3. The molecule has 1 amide bonds. The number of benzene rings is 1. The Morgan fingerprint density at radius 2 is 1.97 bits per heavy atom. The van der Waals surface area contributed by atoms with Gasteiger partial charge in [-0.05, 0) is 64.7 Å². The van der Waals surface area contributed by atoms with Crippen LogP contribution in [-0.2, 0) is 9.53 Å². The fourth-order valence-electron chi connectivity index (χ4n) is 4.62. The largest absolute Gasteiger partial charge is 0.497 e. The van der Waals surface area contributed by atoms with Crippen molar-refractivity contribution in [2.24, 2.45) is 5.92 Å². The van der Waals surface area contributed by atoms with E-state index >= 15 is 0 Å². The predicted molar refractivity (Wildman–Crippen MR) is 118 cm³/mol. The second-order valence-electron chi connectivity index (χ2n) is 8.49. The highest BCUT2D eigenvalue weighted by Gasteiger charge is 2.36. The molecule has 1 unspecified atom stereocenters. The number of ether oxygens (including phenoxy) is 2. The SMILES string of the molecule is COc1ccc2c(c1)N(C(=O)[C@H]1CC[C@H](OC(C)C)CC1)C(C)c1cccnc1N2. The quantitative estimate of drug-likeness (QED) is 0.750.